The largest absolute Gasteiger partial charge is 0.345 e. The number of imidazole rings is 1. The number of nitrogens with one attached hydrogen (secondary N) is 1. The summed E-state index contributed by atoms with van der Waals surface area (Å²) in [4.78, 5) is 17.1. The van der Waals surface area contributed by atoms with Crippen LogP contribution >= 0.6 is 12.4 Å². The first-order valence-electron chi connectivity index (χ1n) is 7.95. The number of halogens is 1. The van der Waals surface area contributed by atoms with E-state index in [9.17, 15) is 4.79 Å². The van der Waals surface area contributed by atoms with E-state index < -0.39 is 5.54 Å². The fraction of sp³-hybridized carbons (Fsp3) is 0.529. The maximum Gasteiger partial charge on any atom is 0.240 e. The van der Waals surface area contributed by atoms with Crippen molar-refractivity contribution in [3.05, 3.63) is 30.1 Å². The van der Waals surface area contributed by atoms with Gasteiger partial charge in [-0.3, -0.25) is 4.79 Å². The van der Waals surface area contributed by atoms with Gasteiger partial charge in [0.1, 0.15) is 5.82 Å². The molecular weight excluding hydrogens is 312 g/mol. The minimum absolute atomic E-state index is 0. The summed E-state index contributed by atoms with van der Waals surface area (Å²) in [6, 6.07) is 7.83. The highest BCUT2D eigenvalue weighted by atomic mass is 35.5. The number of fused-ring (bicyclic) bond motifs is 1. The quantitative estimate of drug-likeness (QED) is 0.849. The number of aromatic nitrogens is 2. The van der Waals surface area contributed by atoms with Crippen LogP contribution in [0.4, 0.5) is 0 Å². The topological polar surface area (TPSA) is 72.9 Å². The Morgan fingerprint density at radius 3 is 2.65 bits per heavy atom. The molecule has 0 bridgehead atoms. The number of hydrogen-bond donors (Lipinski definition) is 2. The fourth-order valence-corrected chi connectivity index (χ4v) is 2.82. The van der Waals surface area contributed by atoms with Crippen molar-refractivity contribution >= 4 is 29.3 Å². The molecule has 5 nitrogen and oxygen atoms in total. The minimum atomic E-state index is -0.841. The van der Waals surface area contributed by atoms with Crippen molar-refractivity contribution in [1.82, 2.24) is 14.9 Å². The molecule has 1 aromatic carbocycles. The van der Waals surface area contributed by atoms with E-state index in [-0.39, 0.29) is 24.4 Å². The highest BCUT2D eigenvalue weighted by molar-refractivity contribution is 5.86. The lowest BCUT2D eigenvalue weighted by Gasteiger charge is -2.25. The number of para-hydroxylation sites is 2. The molecule has 3 N–H and O–H groups in total. The summed E-state index contributed by atoms with van der Waals surface area (Å²) in [5, 5.41) is 3.01. The Bertz CT molecular complexity index is 666. The SMILES string of the molecule is CCCC(C)(N)C(=O)NC(C)c1nc2ccccc2n1CC.Cl. The monoisotopic (exact) mass is 338 g/mol. The number of benzene rings is 1. The first-order valence-corrected chi connectivity index (χ1v) is 7.95. The Morgan fingerprint density at radius 1 is 1.39 bits per heavy atom. The zero-order chi connectivity index (χ0) is 16.3. The highest BCUT2D eigenvalue weighted by Crippen LogP contribution is 2.21. The second-order valence-corrected chi connectivity index (χ2v) is 6.07. The summed E-state index contributed by atoms with van der Waals surface area (Å²) < 4.78 is 2.13. The molecule has 0 aliphatic carbocycles. The van der Waals surface area contributed by atoms with Gasteiger partial charge in [0.2, 0.25) is 5.91 Å². The molecule has 0 aliphatic rings. The van der Waals surface area contributed by atoms with Gasteiger partial charge < -0.3 is 15.6 Å². The Hall–Kier alpha value is -1.59. The summed E-state index contributed by atoms with van der Waals surface area (Å²) in [5.41, 5.74) is 7.30. The van der Waals surface area contributed by atoms with Crippen LogP contribution in [0.1, 0.15) is 52.4 Å². The zero-order valence-electron chi connectivity index (χ0n) is 14.3. The first kappa shape index (κ1) is 19.5. The van der Waals surface area contributed by atoms with Crippen molar-refractivity contribution < 1.29 is 4.79 Å². The average molecular weight is 339 g/mol. The smallest absolute Gasteiger partial charge is 0.240 e. The van der Waals surface area contributed by atoms with E-state index in [1.54, 1.807) is 6.92 Å². The van der Waals surface area contributed by atoms with E-state index in [0.29, 0.717) is 6.42 Å². The van der Waals surface area contributed by atoms with Gasteiger partial charge in [0, 0.05) is 6.54 Å². The van der Waals surface area contributed by atoms with Crippen LogP contribution in [0, 0.1) is 0 Å². The molecule has 2 atom stereocenters. The second-order valence-electron chi connectivity index (χ2n) is 6.07. The number of nitrogens with two attached hydrogens (primary N) is 1. The van der Waals surface area contributed by atoms with Crippen molar-refractivity contribution in [2.75, 3.05) is 0 Å². The summed E-state index contributed by atoms with van der Waals surface area (Å²) >= 11 is 0. The van der Waals surface area contributed by atoms with Crippen molar-refractivity contribution in [3.8, 4) is 0 Å². The standard InChI is InChI=1S/C17H26N4O.ClH/c1-5-11-17(4,18)16(22)19-12(3)15-20-13-9-7-8-10-14(13)21(15)6-2;/h7-10,12H,5-6,11,18H2,1-4H3,(H,19,22);1H. The first-order chi connectivity index (χ1) is 10.4. The van der Waals surface area contributed by atoms with E-state index in [2.05, 4.69) is 21.8 Å². The molecule has 2 rings (SSSR count). The predicted molar refractivity (Wildman–Crippen MR) is 96.7 cm³/mol. The fourth-order valence-electron chi connectivity index (χ4n) is 2.82. The number of carbonyl (C=O) groups excluding carboxylic acids is 1. The molecule has 2 unspecified atom stereocenters. The Labute approximate surface area is 144 Å². The third kappa shape index (κ3) is 4.03. The normalized spacial score (nSPS) is 14.8. The van der Waals surface area contributed by atoms with Crippen molar-refractivity contribution in [1.29, 1.82) is 0 Å². The van der Waals surface area contributed by atoms with Crippen LogP contribution < -0.4 is 11.1 Å². The maximum atomic E-state index is 12.4. The van der Waals surface area contributed by atoms with E-state index in [4.69, 9.17) is 5.73 Å². The van der Waals surface area contributed by atoms with Gasteiger partial charge in [-0.25, -0.2) is 4.98 Å². The molecule has 0 saturated carbocycles. The average Bonchev–Trinajstić information content (AvgIpc) is 2.85. The van der Waals surface area contributed by atoms with Crippen LogP contribution in [-0.2, 0) is 11.3 Å². The summed E-state index contributed by atoms with van der Waals surface area (Å²) in [7, 11) is 0. The molecule has 0 spiro atoms. The van der Waals surface area contributed by atoms with Gasteiger partial charge in [-0.15, -0.1) is 12.4 Å². The van der Waals surface area contributed by atoms with Crippen LogP contribution in [0.15, 0.2) is 24.3 Å². The minimum Gasteiger partial charge on any atom is -0.345 e. The molecule has 6 heteroatoms. The molecule has 0 saturated heterocycles. The Balaban J connectivity index is 0.00000264. The third-order valence-electron chi connectivity index (χ3n) is 4.02. The van der Waals surface area contributed by atoms with Gasteiger partial charge in [-0.1, -0.05) is 25.5 Å². The number of carbonyl (C=O) groups is 1. The van der Waals surface area contributed by atoms with Gasteiger partial charge in [0.05, 0.1) is 22.6 Å². The van der Waals surface area contributed by atoms with Crippen molar-refractivity contribution in [2.24, 2.45) is 5.73 Å². The van der Waals surface area contributed by atoms with Crippen molar-refractivity contribution in [2.45, 2.75) is 58.7 Å². The molecule has 23 heavy (non-hydrogen) atoms. The summed E-state index contributed by atoms with van der Waals surface area (Å²) in [6.45, 7) is 8.65. The molecule has 0 aliphatic heterocycles. The van der Waals surface area contributed by atoms with Gasteiger partial charge in [0.25, 0.3) is 0 Å². The van der Waals surface area contributed by atoms with Crippen molar-refractivity contribution in [3.63, 3.8) is 0 Å². The number of aryl methyl sites for hydroxylation is 1. The van der Waals surface area contributed by atoms with Gasteiger partial charge >= 0.3 is 0 Å². The third-order valence-corrected chi connectivity index (χ3v) is 4.02. The molecular formula is C17H27ClN4O. The molecule has 1 amide bonds. The lowest BCUT2D eigenvalue weighted by Crippen LogP contribution is -2.52. The zero-order valence-corrected chi connectivity index (χ0v) is 15.1. The predicted octanol–water partition coefficient (Wildman–Crippen LogP) is 3.17. The number of amides is 1. The molecule has 0 radical (unpaired) electrons. The van der Waals surface area contributed by atoms with Gasteiger partial charge in [-0.2, -0.15) is 0 Å². The molecule has 128 valence electrons. The number of hydrogen-bond acceptors (Lipinski definition) is 3. The Kier molecular flexibility index (Phi) is 6.59. The molecule has 1 aromatic heterocycles. The molecule has 2 aromatic rings. The van der Waals surface area contributed by atoms with Crippen LogP contribution in [-0.4, -0.2) is 21.0 Å². The Morgan fingerprint density at radius 2 is 2.04 bits per heavy atom. The molecule has 1 heterocycles. The summed E-state index contributed by atoms with van der Waals surface area (Å²) in [6.07, 6.45) is 1.54. The van der Waals surface area contributed by atoms with E-state index >= 15 is 0 Å². The van der Waals surface area contributed by atoms with E-state index in [1.807, 2.05) is 38.1 Å². The lowest BCUT2D eigenvalue weighted by atomic mass is 9.96. The number of rotatable bonds is 6. The number of nitrogens with zero attached hydrogens (tertiary/aromatic N) is 2. The van der Waals surface area contributed by atoms with Crippen LogP contribution in [0.25, 0.3) is 11.0 Å². The van der Waals surface area contributed by atoms with Crippen LogP contribution in [0.2, 0.25) is 0 Å². The van der Waals surface area contributed by atoms with E-state index in [1.165, 1.54) is 0 Å². The van der Waals surface area contributed by atoms with Gasteiger partial charge in [-0.05, 0) is 39.3 Å². The summed E-state index contributed by atoms with van der Waals surface area (Å²) in [5.74, 6) is 0.737. The molecule has 0 fully saturated rings. The van der Waals surface area contributed by atoms with Gasteiger partial charge in [0.15, 0.2) is 0 Å². The lowest BCUT2D eigenvalue weighted by molar-refractivity contribution is -0.126. The van der Waals surface area contributed by atoms with Crippen LogP contribution in [0.5, 0.6) is 0 Å². The highest BCUT2D eigenvalue weighted by Gasteiger charge is 2.29. The van der Waals surface area contributed by atoms with Crippen LogP contribution in [0.3, 0.4) is 0 Å². The second kappa shape index (κ2) is 7.79. The maximum absolute atomic E-state index is 12.4. The van der Waals surface area contributed by atoms with E-state index in [0.717, 1.165) is 29.8 Å².